The molecular weight excluding hydrogens is 444 g/mol. The molecular formula is C24H29ClN4O2S. The van der Waals surface area contributed by atoms with Gasteiger partial charge >= 0.3 is 0 Å². The van der Waals surface area contributed by atoms with Gasteiger partial charge in [-0.15, -0.1) is 0 Å². The third kappa shape index (κ3) is 3.27. The third-order valence-electron chi connectivity index (χ3n) is 8.35. The topological polar surface area (TPSA) is 69.6 Å². The molecule has 0 amide bonds. The Morgan fingerprint density at radius 2 is 1.84 bits per heavy atom. The van der Waals surface area contributed by atoms with Crippen LogP contribution < -0.4 is 9.80 Å². The molecule has 2 aliphatic carbocycles. The first-order valence-electron chi connectivity index (χ1n) is 11.7. The van der Waals surface area contributed by atoms with Gasteiger partial charge in [0.25, 0.3) is 0 Å². The van der Waals surface area contributed by atoms with E-state index >= 15 is 0 Å². The lowest BCUT2D eigenvalue weighted by atomic mass is 9.65. The van der Waals surface area contributed by atoms with Crippen LogP contribution >= 0.6 is 11.6 Å². The molecule has 2 aliphatic heterocycles. The van der Waals surface area contributed by atoms with E-state index in [0.29, 0.717) is 22.1 Å². The standard InChI is InChI=1S/C24H29ClN4O2S/c25-19-4-2-17(3-5-19)18-6-10-23(11-7-18)13-28(14-23)22-26-12-20-21(27-22)29(16-32(20)31)24(15-30)8-1-9-24/h2-5,12,18,30H,1,6-11,13-16H2. The van der Waals surface area contributed by atoms with Gasteiger partial charge in [0, 0.05) is 23.5 Å². The summed E-state index contributed by atoms with van der Waals surface area (Å²) in [7, 11) is -1.12. The van der Waals surface area contributed by atoms with Crippen molar-refractivity contribution in [1.29, 1.82) is 0 Å². The highest BCUT2D eigenvalue weighted by atomic mass is 35.5. The summed E-state index contributed by atoms with van der Waals surface area (Å²) in [5.41, 5.74) is 1.49. The van der Waals surface area contributed by atoms with Crippen molar-refractivity contribution in [2.75, 3.05) is 35.4 Å². The molecule has 32 heavy (non-hydrogen) atoms. The Balaban J connectivity index is 1.14. The van der Waals surface area contributed by atoms with Crippen molar-refractivity contribution in [2.24, 2.45) is 5.41 Å². The third-order valence-corrected chi connectivity index (χ3v) is 9.87. The molecule has 1 unspecified atom stereocenters. The van der Waals surface area contributed by atoms with Crippen molar-refractivity contribution < 1.29 is 9.32 Å². The number of anilines is 2. The molecule has 0 radical (unpaired) electrons. The van der Waals surface area contributed by atoms with Crippen LogP contribution in [0.25, 0.3) is 0 Å². The number of aliphatic hydroxyl groups is 1. The second-order valence-corrected chi connectivity index (χ2v) is 12.0. The molecule has 1 N–H and O–H groups in total. The van der Waals surface area contributed by atoms with Crippen LogP contribution in [-0.4, -0.2) is 50.4 Å². The number of benzene rings is 1. The van der Waals surface area contributed by atoms with E-state index in [1.165, 1.54) is 31.2 Å². The quantitative estimate of drug-likeness (QED) is 0.722. The van der Waals surface area contributed by atoms with E-state index in [4.69, 9.17) is 16.6 Å². The minimum atomic E-state index is -1.12. The normalized spacial score (nSPS) is 26.0. The summed E-state index contributed by atoms with van der Waals surface area (Å²) < 4.78 is 12.6. The monoisotopic (exact) mass is 472 g/mol. The molecule has 3 fully saturated rings. The molecule has 0 bridgehead atoms. The Labute approximate surface area is 196 Å². The maximum atomic E-state index is 12.6. The average molecular weight is 473 g/mol. The number of aromatic nitrogens is 2. The van der Waals surface area contributed by atoms with Gasteiger partial charge in [-0.25, -0.2) is 4.98 Å². The van der Waals surface area contributed by atoms with E-state index in [-0.39, 0.29) is 12.1 Å². The van der Waals surface area contributed by atoms with Gasteiger partial charge in [-0.1, -0.05) is 23.7 Å². The number of hydrogen-bond donors (Lipinski definition) is 1. The zero-order valence-electron chi connectivity index (χ0n) is 18.2. The van der Waals surface area contributed by atoms with Crippen LogP contribution in [0, 0.1) is 5.41 Å². The molecule has 3 heterocycles. The zero-order valence-corrected chi connectivity index (χ0v) is 19.7. The van der Waals surface area contributed by atoms with E-state index in [2.05, 4.69) is 26.9 Å². The van der Waals surface area contributed by atoms with Gasteiger partial charge in [-0.05, 0) is 68.6 Å². The van der Waals surface area contributed by atoms with Gasteiger partial charge in [-0.3, -0.25) is 4.21 Å². The van der Waals surface area contributed by atoms with Crippen molar-refractivity contribution in [2.45, 2.75) is 61.3 Å². The molecule has 1 aromatic heterocycles. The average Bonchev–Trinajstić information content (AvgIpc) is 3.09. The fourth-order valence-corrected chi connectivity index (χ4v) is 7.51. The summed E-state index contributed by atoms with van der Waals surface area (Å²) >= 11 is 6.05. The maximum Gasteiger partial charge on any atom is 0.227 e. The van der Waals surface area contributed by atoms with Crippen LogP contribution in [-0.2, 0) is 10.8 Å². The van der Waals surface area contributed by atoms with Crippen LogP contribution in [0.4, 0.5) is 11.8 Å². The van der Waals surface area contributed by atoms with Crippen molar-refractivity contribution in [3.8, 4) is 0 Å². The summed E-state index contributed by atoms with van der Waals surface area (Å²) in [5, 5.41) is 10.8. The summed E-state index contributed by atoms with van der Waals surface area (Å²) in [6.45, 7) is 2.07. The van der Waals surface area contributed by atoms with Crippen molar-refractivity contribution in [1.82, 2.24) is 9.97 Å². The molecule has 1 saturated heterocycles. The Morgan fingerprint density at radius 3 is 2.47 bits per heavy atom. The second-order valence-electron chi connectivity index (χ2n) is 10.2. The summed E-state index contributed by atoms with van der Waals surface area (Å²) in [6.07, 6.45) is 9.60. The predicted octanol–water partition coefficient (Wildman–Crippen LogP) is 4.09. The number of hydrogen-bond acceptors (Lipinski definition) is 6. The Kier molecular flexibility index (Phi) is 5.01. The number of aliphatic hydroxyl groups excluding tert-OH is 1. The smallest absolute Gasteiger partial charge is 0.227 e. The number of fused-ring (bicyclic) bond motifs is 1. The van der Waals surface area contributed by atoms with Crippen LogP contribution in [0.15, 0.2) is 35.4 Å². The first kappa shape index (κ1) is 20.9. The molecule has 1 aromatic carbocycles. The van der Waals surface area contributed by atoms with Crippen molar-refractivity contribution >= 4 is 34.2 Å². The molecule has 6 nitrogen and oxygen atoms in total. The lowest BCUT2D eigenvalue weighted by Crippen LogP contribution is -2.58. The maximum absolute atomic E-state index is 12.6. The first-order chi connectivity index (χ1) is 15.5. The van der Waals surface area contributed by atoms with Gasteiger partial charge in [-0.2, -0.15) is 4.98 Å². The van der Waals surface area contributed by atoms with E-state index in [9.17, 15) is 9.32 Å². The Morgan fingerprint density at radius 1 is 1.12 bits per heavy atom. The number of rotatable bonds is 4. The van der Waals surface area contributed by atoms with Gasteiger partial charge < -0.3 is 14.9 Å². The van der Waals surface area contributed by atoms with Crippen molar-refractivity contribution in [3.05, 3.63) is 41.0 Å². The van der Waals surface area contributed by atoms with Gasteiger partial charge in [0.1, 0.15) is 10.8 Å². The zero-order chi connectivity index (χ0) is 21.9. The van der Waals surface area contributed by atoms with Gasteiger partial charge in [0.05, 0.1) is 29.1 Å². The van der Waals surface area contributed by atoms with E-state index in [1.54, 1.807) is 6.20 Å². The Hall–Kier alpha value is -1.70. The predicted molar refractivity (Wildman–Crippen MR) is 127 cm³/mol. The lowest BCUT2D eigenvalue weighted by Gasteiger charge is -2.53. The molecule has 2 aromatic rings. The van der Waals surface area contributed by atoms with E-state index < -0.39 is 10.8 Å². The Bertz CT molecular complexity index is 1040. The minimum Gasteiger partial charge on any atom is -0.394 e. The molecule has 2 saturated carbocycles. The molecule has 170 valence electrons. The molecule has 8 heteroatoms. The summed E-state index contributed by atoms with van der Waals surface area (Å²) in [4.78, 5) is 14.5. The SMILES string of the molecule is O=S1CN(C2(CO)CCC2)c2nc(N3CC4(CCC(c5ccc(Cl)cc5)CC4)C3)ncc21. The van der Waals surface area contributed by atoms with Crippen molar-refractivity contribution in [3.63, 3.8) is 0 Å². The number of halogens is 1. The largest absolute Gasteiger partial charge is 0.394 e. The van der Waals surface area contributed by atoms with Crippen LogP contribution in [0.5, 0.6) is 0 Å². The summed E-state index contributed by atoms with van der Waals surface area (Å²) in [5.74, 6) is 2.56. The van der Waals surface area contributed by atoms with Crippen LogP contribution in [0.3, 0.4) is 0 Å². The number of nitrogens with zero attached hydrogens (tertiary/aromatic N) is 4. The fraction of sp³-hybridized carbons (Fsp3) is 0.583. The molecule has 6 rings (SSSR count). The molecule has 4 aliphatic rings. The van der Waals surface area contributed by atoms with Gasteiger partial charge in [0.15, 0.2) is 5.82 Å². The summed E-state index contributed by atoms with van der Waals surface area (Å²) in [6, 6.07) is 8.34. The van der Waals surface area contributed by atoms with E-state index in [0.717, 1.165) is 49.1 Å². The lowest BCUT2D eigenvalue weighted by molar-refractivity contribution is 0.119. The van der Waals surface area contributed by atoms with Crippen LogP contribution in [0.1, 0.15) is 56.4 Å². The van der Waals surface area contributed by atoms with E-state index in [1.807, 2.05) is 12.1 Å². The van der Waals surface area contributed by atoms with Crippen LogP contribution in [0.2, 0.25) is 5.02 Å². The first-order valence-corrected chi connectivity index (χ1v) is 13.4. The van der Waals surface area contributed by atoms with Gasteiger partial charge in [0.2, 0.25) is 5.95 Å². The molecule has 1 atom stereocenters. The highest BCUT2D eigenvalue weighted by Gasteiger charge is 2.49. The highest BCUT2D eigenvalue weighted by Crippen LogP contribution is 2.50. The fourth-order valence-electron chi connectivity index (χ4n) is 6.09. The second kappa shape index (κ2) is 7.67. The molecule has 1 spiro atoms. The minimum absolute atomic E-state index is 0.0879. The highest BCUT2D eigenvalue weighted by molar-refractivity contribution is 7.85.